The molecule has 2 nitrogen and oxygen atoms in total. The van der Waals surface area contributed by atoms with E-state index in [2.05, 4.69) is 43.1 Å². The Labute approximate surface area is 128 Å². The standard InChI is InChI=1S/C19H27NO/c1-4-18(21)19-16(15-8-5-13(2)6-9-15)11-14-7-10-17(19)20(3)12-14/h5-6,8-9,14,16-17,19H,4,7,10-12H2,1-3H3/t14-,16+,17+,19-/m0/s1. The lowest BCUT2D eigenvalue weighted by Gasteiger charge is -2.37. The number of hydrogen-bond donors (Lipinski definition) is 0. The van der Waals surface area contributed by atoms with E-state index >= 15 is 0 Å². The number of benzene rings is 1. The minimum atomic E-state index is 0.190. The quantitative estimate of drug-likeness (QED) is 0.842. The molecule has 0 N–H and O–H groups in total. The van der Waals surface area contributed by atoms with Gasteiger partial charge >= 0.3 is 0 Å². The Kier molecular flexibility index (Phi) is 4.17. The van der Waals surface area contributed by atoms with Gasteiger partial charge in [-0.15, -0.1) is 0 Å². The maximum absolute atomic E-state index is 12.7. The van der Waals surface area contributed by atoms with Crippen molar-refractivity contribution in [2.45, 2.75) is 51.5 Å². The van der Waals surface area contributed by atoms with Crippen LogP contribution in [0.25, 0.3) is 0 Å². The molecule has 21 heavy (non-hydrogen) atoms. The SMILES string of the molecule is CCC(=O)[C@H]1[C@@H](c2ccc(C)cc2)C[C@@H]2CC[C@H]1N(C)C2. The van der Waals surface area contributed by atoms with Crippen LogP contribution in [0.2, 0.25) is 0 Å². The number of nitrogens with zero attached hydrogens (tertiary/aromatic N) is 1. The molecule has 1 aliphatic carbocycles. The second-order valence-corrected chi connectivity index (χ2v) is 7.05. The van der Waals surface area contributed by atoms with Gasteiger partial charge in [0.05, 0.1) is 0 Å². The predicted molar refractivity (Wildman–Crippen MR) is 86.5 cm³/mol. The van der Waals surface area contributed by atoms with Gasteiger partial charge in [0.25, 0.3) is 0 Å². The number of fused-ring (bicyclic) bond motifs is 4. The Bertz CT molecular complexity index is 507. The summed E-state index contributed by atoms with van der Waals surface area (Å²) in [5.74, 6) is 1.82. The molecular weight excluding hydrogens is 258 g/mol. The zero-order valence-electron chi connectivity index (χ0n) is 13.5. The molecule has 4 rings (SSSR count). The van der Waals surface area contributed by atoms with Gasteiger partial charge in [-0.05, 0) is 50.6 Å². The van der Waals surface area contributed by atoms with Crippen LogP contribution in [0.4, 0.5) is 0 Å². The maximum atomic E-state index is 12.7. The third kappa shape index (κ3) is 2.78. The molecule has 1 saturated carbocycles. The van der Waals surface area contributed by atoms with E-state index in [0.717, 1.165) is 5.92 Å². The minimum absolute atomic E-state index is 0.190. The molecule has 3 fully saturated rings. The van der Waals surface area contributed by atoms with E-state index in [1.807, 2.05) is 6.92 Å². The Hall–Kier alpha value is -1.15. The van der Waals surface area contributed by atoms with Gasteiger partial charge in [0, 0.05) is 24.9 Å². The molecule has 0 amide bonds. The number of rotatable bonds is 3. The van der Waals surface area contributed by atoms with Gasteiger partial charge in [-0.3, -0.25) is 4.79 Å². The molecular formula is C19H27NO. The lowest BCUT2D eigenvalue weighted by molar-refractivity contribution is -0.125. The van der Waals surface area contributed by atoms with Gasteiger partial charge in [0.2, 0.25) is 0 Å². The van der Waals surface area contributed by atoms with E-state index in [0.29, 0.717) is 24.2 Å². The van der Waals surface area contributed by atoms with Crippen molar-refractivity contribution >= 4 is 5.78 Å². The van der Waals surface area contributed by atoms with Crippen LogP contribution in [0.3, 0.4) is 0 Å². The molecule has 0 spiro atoms. The second-order valence-electron chi connectivity index (χ2n) is 7.05. The van der Waals surface area contributed by atoms with E-state index in [1.54, 1.807) is 0 Å². The Morgan fingerprint density at radius 2 is 1.95 bits per heavy atom. The average molecular weight is 285 g/mol. The third-order valence-electron chi connectivity index (χ3n) is 5.64. The Morgan fingerprint density at radius 1 is 1.24 bits per heavy atom. The monoisotopic (exact) mass is 285 g/mol. The van der Waals surface area contributed by atoms with E-state index in [1.165, 1.54) is 36.9 Å². The summed E-state index contributed by atoms with van der Waals surface area (Å²) >= 11 is 0. The molecule has 3 aliphatic rings. The fourth-order valence-corrected chi connectivity index (χ4v) is 4.51. The zero-order valence-corrected chi connectivity index (χ0v) is 13.5. The van der Waals surface area contributed by atoms with Crippen molar-refractivity contribution in [3.8, 4) is 0 Å². The first-order valence-electron chi connectivity index (χ1n) is 8.39. The van der Waals surface area contributed by atoms with E-state index in [4.69, 9.17) is 0 Å². The molecule has 1 aromatic rings. The number of ketones is 1. The highest BCUT2D eigenvalue weighted by atomic mass is 16.1. The number of carbonyl (C=O) groups excluding carboxylic acids is 1. The minimum Gasteiger partial charge on any atom is -0.302 e. The van der Waals surface area contributed by atoms with Crippen LogP contribution in [0.5, 0.6) is 0 Å². The van der Waals surface area contributed by atoms with E-state index in [-0.39, 0.29) is 5.92 Å². The van der Waals surface area contributed by atoms with Crippen molar-refractivity contribution in [2.24, 2.45) is 11.8 Å². The Morgan fingerprint density at radius 3 is 2.57 bits per heavy atom. The first-order chi connectivity index (χ1) is 10.1. The highest BCUT2D eigenvalue weighted by Crippen LogP contribution is 2.45. The topological polar surface area (TPSA) is 20.3 Å². The lowest BCUT2D eigenvalue weighted by atomic mass is 9.77. The van der Waals surface area contributed by atoms with Crippen molar-refractivity contribution < 1.29 is 4.79 Å². The van der Waals surface area contributed by atoms with Crippen LogP contribution in [0.15, 0.2) is 24.3 Å². The maximum Gasteiger partial charge on any atom is 0.137 e. The highest BCUT2D eigenvalue weighted by molar-refractivity contribution is 5.82. The molecule has 2 heterocycles. The van der Waals surface area contributed by atoms with Gasteiger partial charge < -0.3 is 4.90 Å². The first-order valence-corrected chi connectivity index (χ1v) is 8.39. The largest absolute Gasteiger partial charge is 0.302 e. The predicted octanol–water partition coefficient (Wildman–Crippen LogP) is 3.79. The number of carbonyl (C=O) groups is 1. The van der Waals surface area contributed by atoms with Crippen LogP contribution in [0.1, 0.15) is 49.7 Å². The molecule has 0 radical (unpaired) electrons. The molecule has 2 aliphatic heterocycles. The molecule has 2 saturated heterocycles. The Balaban J connectivity index is 1.99. The molecule has 0 aromatic heterocycles. The molecule has 2 heteroatoms. The smallest absolute Gasteiger partial charge is 0.137 e. The van der Waals surface area contributed by atoms with Gasteiger partial charge in [0.1, 0.15) is 5.78 Å². The summed E-state index contributed by atoms with van der Waals surface area (Å²) in [6, 6.07) is 9.34. The molecule has 114 valence electrons. The van der Waals surface area contributed by atoms with E-state index in [9.17, 15) is 4.79 Å². The van der Waals surface area contributed by atoms with Crippen LogP contribution in [-0.4, -0.2) is 30.3 Å². The van der Waals surface area contributed by atoms with Crippen LogP contribution < -0.4 is 0 Å². The molecule has 1 aromatic carbocycles. The molecule has 2 bridgehead atoms. The number of hydrogen-bond acceptors (Lipinski definition) is 2. The van der Waals surface area contributed by atoms with Gasteiger partial charge in [-0.1, -0.05) is 36.8 Å². The summed E-state index contributed by atoms with van der Waals surface area (Å²) in [7, 11) is 2.21. The van der Waals surface area contributed by atoms with Gasteiger partial charge in [-0.25, -0.2) is 0 Å². The van der Waals surface area contributed by atoms with Crippen LogP contribution >= 0.6 is 0 Å². The zero-order chi connectivity index (χ0) is 15.0. The fourth-order valence-electron chi connectivity index (χ4n) is 4.51. The van der Waals surface area contributed by atoms with Gasteiger partial charge in [0.15, 0.2) is 0 Å². The average Bonchev–Trinajstić information content (AvgIpc) is 2.74. The molecule has 4 atom stereocenters. The summed E-state index contributed by atoms with van der Waals surface area (Å²) in [6.45, 7) is 5.31. The van der Waals surface area contributed by atoms with Crippen molar-refractivity contribution in [1.29, 1.82) is 0 Å². The summed E-state index contributed by atoms with van der Waals surface area (Å²) in [6.07, 6.45) is 4.34. The number of Topliss-reactive ketones (excluding diaryl/α,β-unsaturated/α-hetero) is 1. The van der Waals surface area contributed by atoms with Crippen molar-refractivity contribution in [1.82, 2.24) is 4.90 Å². The lowest BCUT2D eigenvalue weighted by Crippen LogP contribution is -2.45. The second kappa shape index (κ2) is 5.92. The summed E-state index contributed by atoms with van der Waals surface area (Å²) < 4.78 is 0. The highest BCUT2D eigenvalue weighted by Gasteiger charge is 2.44. The third-order valence-corrected chi connectivity index (χ3v) is 5.64. The van der Waals surface area contributed by atoms with Crippen LogP contribution in [0, 0.1) is 18.8 Å². The van der Waals surface area contributed by atoms with Crippen molar-refractivity contribution in [3.63, 3.8) is 0 Å². The number of aryl methyl sites for hydroxylation is 1. The van der Waals surface area contributed by atoms with Crippen LogP contribution in [-0.2, 0) is 4.79 Å². The summed E-state index contributed by atoms with van der Waals surface area (Å²) in [5.41, 5.74) is 2.67. The normalized spacial score (nSPS) is 32.9. The fraction of sp³-hybridized carbons (Fsp3) is 0.632. The molecule has 0 unspecified atom stereocenters. The van der Waals surface area contributed by atoms with E-state index < -0.39 is 0 Å². The summed E-state index contributed by atoms with van der Waals surface area (Å²) in [5, 5.41) is 0. The number of piperidine rings is 1. The summed E-state index contributed by atoms with van der Waals surface area (Å²) in [4.78, 5) is 15.1. The van der Waals surface area contributed by atoms with Crippen molar-refractivity contribution in [2.75, 3.05) is 13.6 Å². The van der Waals surface area contributed by atoms with Gasteiger partial charge in [-0.2, -0.15) is 0 Å². The van der Waals surface area contributed by atoms with Crippen molar-refractivity contribution in [3.05, 3.63) is 35.4 Å². The first kappa shape index (κ1) is 14.8.